The van der Waals surface area contributed by atoms with E-state index in [0.717, 1.165) is 25.6 Å². The van der Waals surface area contributed by atoms with E-state index in [1.165, 1.54) is 28.0 Å². The minimum atomic E-state index is -0.769. The van der Waals surface area contributed by atoms with Crippen molar-refractivity contribution in [3.8, 4) is 0 Å². The maximum Gasteiger partial charge on any atom is 0.285 e. The Balaban J connectivity index is 1.64. The quantitative estimate of drug-likeness (QED) is 0.657. The lowest BCUT2D eigenvalue weighted by atomic mass is 10.00. The zero-order chi connectivity index (χ0) is 17.1. The van der Waals surface area contributed by atoms with E-state index in [2.05, 4.69) is 17.0 Å². The smallest absolute Gasteiger partial charge is 0.285 e. The van der Waals surface area contributed by atoms with Crippen LogP contribution in [0.4, 0.5) is 5.69 Å². The highest BCUT2D eigenvalue weighted by atomic mass is 16.6. The van der Waals surface area contributed by atoms with Gasteiger partial charge in [-0.05, 0) is 17.5 Å². The molecule has 0 saturated heterocycles. The maximum absolute atomic E-state index is 11.8. The number of nitrogens with zero attached hydrogens (tertiary/aromatic N) is 3. The second-order valence-corrected chi connectivity index (χ2v) is 6.04. The van der Waals surface area contributed by atoms with E-state index in [0.29, 0.717) is 6.54 Å². The summed E-state index contributed by atoms with van der Waals surface area (Å²) in [5.74, 6) is 0. The molecule has 1 aliphatic heterocycles. The number of pyridine rings is 1. The van der Waals surface area contributed by atoms with Gasteiger partial charge in [-0.25, -0.2) is 0 Å². The van der Waals surface area contributed by atoms with Crippen LogP contribution in [0.2, 0.25) is 0 Å². The van der Waals surface area contributed by atoms with E-state index in [9.17, 15) is 20.0 Å². The zero-order valence-electron chi connectivity index (χ0n) is 13.2. The molecule has 0 fully saturated rings. The number of hydrogen-bond acceptors (Lipinski definition) is 5. The number of aromatic nitrogens is 1. The number of aliphatic hydroxyl groups excluding tert-OH is 1. The number of β-amino-alcohol motifs (C(OH)–C–C–N with tert-alkyl or cyclic N) is 1. The third kappa shape index (κ3) is 3.69. The first-order valence-corrected chi connectivity index (χ1v) is 7.85. The summed E-state index contributed by atoms with van der Waals surface area (Å²) < 4.78 is 1.20. The Morgan fingerprint density at radius 2 is 1.92 bits per heavy atom. The third-order valence-corrected chi connectivity index (χ3v) is 4.26. The van der Waals surface area contributed by atoms with Gasteiger partial charge in [0.25, 0.3) is 11.2 Å². The van der Waals surface area contributed by atoms with Crippen molar-refractivity contribution in [1.29, 1.82) is 0 Å². The number of nitro groups is 1. The summed E-state index contributed by atoms with van der Waals surface area (Å²) in [6, 6.07) is 10.6. The molecule has 1 aliphatic rings. The van der Waals surface area contributed by atoms with E-state index in [1.807, 2.05) is 12.1 Å². The second kappa shape index (κ2) is 6.94. The summed E-state index contributed by atoms with van der Waals surface area (Å²) in [5, 5.41) is 21.1. The standard InChI is InChI=1S/C17H19N3O4/c21-16(12-19-10-15(20(23)24)5-6-17(19)22)11-18-8-7-13-3-1-2-4-14(13)9-18/h1-6,10,16,21H,7-9,11-12H2/t16-/m1/s1. The number of rotatable bonds is 5. The Hall–Kier alpha value is -2.51. The molecule has 1 atom stereocenters. The molecule has 0 amide bonds. The Bertz CT molecular complexity index is 802. The largest absolute Gasteiger partial charge is 0.390 e. The average Bonchev–Trinajstić information content (AvgIpc) is 2.56. The second-order valence-electron chi connectivity index (χ2n) is 6.04. The Morgan fingerprint density at radius 3 is 2.67 bits per heavy atom. The zero-order valence-corrected chi connectivity index (χ0v) is 13.2. The highest BCUT2D eigenvalue weighted by Crippen LogP contribution is 2.18. The van der Waals surface area contributed by atoms with Gasteiger partial charge >= 0.3 is 0 Å². The van der Waals surface area contributed by atoms with E-state index >= 15 is 0 Å². The monoisotopic (exact) mass is 329 g/mol. The third-order valence-electron chi connectivity index (χ3n) is 4.26. The summed E-state index contributed by atoms with van der Waals surface area (Å²) in [7, 11) is 0. The molecule has 0 spiro atoms. The molecule has 1 aromatic carbocycles. The predicted octanol–water partition coefficient (Wildman–Crippen LogP) is 1.18. The van der Waals surface area contributed by atoms with Crippen LogP contribution >= 0.6 is 0 Å². The molecule has 2 heterocycles. The summed E-state index contributed by atoms with van der Waals surface area (Å²) >= 11 is 0. The lowest BCUT2D eigenvalue weighted by Gasteiger charge is -2.30. The van der Waals surface area contributed by atoms with Crippen LogP contribution in [0.25, 0.3) is 0 Å². The molecule has 0 saturated carbocycles. The molecule has 126 valence electrons. The van der Waals surface area contributed by atoms with Crippen molar-refractivity contribution in [2.45, 2.75) is 25.6 Å². The van der Waals surface area contributed by atoms with Crippen molar-refractivity contribution >= 4 is 5.69 Å². The Morgan fingerprint density at radius 1 is 1.17 bits per heavy atom. The summed E-state index contributed by atoms with van der Waals surface area (Å²) in [5.41, 5.74) is 2.07. The fourth-order valence-corrected chi connectivity index (χ4v) is 3.06. The first-order chi connectivity index (χ1) is 11.5. The van der Waals surface area contributed by atoms with Crippen molar-refractivity contribution in [3.63, 3.8) is 0 Å². The van der Waals surface area contributed by atoms with Crippen molar-refractivity contribution in [2.24, 2.45) is 0 Å². The highest BCUT2D eigenvalue weighted by Gasteiger charge is 2.19. The minimum Gasteiger partial charge on any atom is -0.390 e. The van der Waals surface area contributed by atoms with Crippen molar-refractivity contribution < 1.29 is 10.0 Å². The van der Waals surface area contributed by atoms with Gasteiger partial charge in [0.1, 0.15) is 0 Å². The molecule has 24 heavy (non-hydrogen) atoms. The van der Waals surface area contributed by atoms with E-state index in [4.69, 9.17) is 0 Å². The minimum absolute atomic E-state index is 0.0403. The van der Waals surface area contributed by atoms with Gasteiger partial charge in [-0.15, -0.1) is 0 Å². The summed E-state index contributed by atoms with van der Waals surface area (Å²) in [4.78, 5) is 24.2. The molecular weight excluding hydrogens is 310 g/mol. The molecule has 0 aliphatic carbocycles. The van der Waals surface area contributed by atoms with Gasteiger partial charge in [0.05, 0.1) is 23.8 Å². The van der Waals surface area contributed by atoms with Crippen LogP contribution in [-0.4, -0.2) is 38.7 Å². The Kier molecular flexibility index (Phi) is 4.73. The van der Waals surface area contributed by atoms with Crippen molar-refractivity contribution in [1.82, 2.24) is 9.47 Å². The van der Waals surface area contributed by atoms with Crippen LogP contribution in [-0.2, 0) is 19.5 Å². The van der Waals surface area contributed by atoms with Crippen LogP contribution in [0, 0.1) is 10.1 Å². The van der Waals surface area contributed by atoms with Gasteiger partial charge in [-0.1, -0.05) is 24.3 Å². The fourth-order valence-electron chi connectivity index (χ4n) is 3.06. The lowest BCUT2D eigenvalue weighted by Crippen LogP contribution is -2.39. The van der Waals surface area contributed by atoms with Gasteiger partial charge in [-0.3, -0.25) is 19.8 Å². The van der Waals surface area contributed by atoms with E-state index in [-0.39, 0.29) is 17.8 Å². The molecule has 1 aromatic heterocycles. The summed E-state index contributed by atoms with van der Waals surface area (Å²) in [6.45, 7) is 2.07. The van der Waals surface area contributed by atoms with Gasteiger partial charge in [-0.2, -0.15) is 0 Å². The molecule has 3 rings (SSSR count). The molecule has 1 N–H and O–H groups in total. The average molecular weight is 329 g/mol. The van der Waals surface area contributed by atoms with Gasteiger partial charge in [0, 0.05) is 31.8 Å². The van der Waals surface area contributed by atoms with Gasteiger partial charge < -0.3 is 9.67 Å². The van der Waals surface area contributed by atoms with Crippen LogP contribution in [0.5, 0.6) is 0 Å². The molecular formula is C17H19N3O4. The number of hydrogen-bond donors (Lipinski definition) is 1. The first-order valence-electron chi connectivity index (χ1n) is 7.85. The van der Waals surface area contributed by atoms with Crippen LogP contribution in [0.1, 0.15) is 11.1 Å². The molecule has 0 bridgehead atoms. The van der Waals surface area contributed by atoms with Crippen molar-refractivity contribution in [2.75, 3.05) is 13.1 Å². The van der Waals surface area contributed by atoms with Crippen LogP contribution in [0.15, 0.2) is 47.4 Å². The van der Waals surface area contributed by atoms with E-state index in [1.54, 1.807) is 0 Å². The van der Waals surface area contributed by atoms with Crippen LogP contribution < -0.4 is 5.56 Å². The summed E-state index contributed by atoms with van der Waals surface area (Å²) in [6.07, 6.45) is 1.34. The van der Waals surface area contributed by atoms with E-state index < -0.39 is 11.0 Å². The first kappa shape index (κ1) is 16.4. The maximum atomic E-state index is 11.8. The fraction of sp³-hybridized carbons (Fsp3) is 0.353. The molecule has 0 radical (unpaired) electrons. The normalized spacial score (nSPS) is 15.7. The lowest BCUT2D eigenvalue weighted by molar-refractivity contribution is -0.385. The number of benzene rings is 1. The van der Waals surface area contributed by atoms with Crippen LogP contribution in [0.3, 0.4) is 0 Å². The van der Waals surface area contributed by atoms with Crippen molar-refractivity contribution in [3.05, 3.63) is 74.2 Å². The molecule has 2 aromatic rings. The SMILES string of the molecule is O=c1ccc([N+](=O)[O-])cn1C[C@H](O)CN1CCc2ccccc2C1. The topological polar surface area (TPSA) is 88.6 Å². The molecule has 7 heteroatoms. The number of aliphatic hydroxyl groups is 1. The Labute approximate surface area is 138 Å². The molecule has 0 unspecified atom stereocenters. The molecule has 7 nitrogen and oxygen atoms in total. The predicted molar refractivity (Wildman–Crippen MR) is 88.8 cm³/mol. The highest BCUT2D eigenvalue weighted by molar-refractivity contribution is 5.29. The number of fused-ring (bicyclic) bond motifs is 1. The van der Waals surface area contributed by atoms with Gasteiger partial charge in [0.15, 0.2) is 0 Å². The van der Waals surface area contributed by atoms with Gasteiger partial charge in [0.2, 0.25) is 0 Å².